The number of rotatable bonds is 5. The molecule has 0 N–H and O–H groups in total. The molecule has 1 rings (SSSR count). The third-order valence-electron chi connectivity index (χ3n) is 3.42. The highest BCUT2D eigenvalue weighted by molar-refractivity contribution is 5.04. The first kappa shape index (κ1) is 15.7. The van der Waals surface area contributed by atoms with Crippen molar-refractivity contribution in [3.05, 3.63) is 11.6 Å². The van der Waals surface area contributed by atoms with Gasteiger partial charge in [0.25, 0.3) is 0 Å². The molecule has 0 saturated carbocycles. The quantitative estimate of drug-likeness (QED) is 0.493. The maximum atomic E-state index is 2.52. The SMILES string of the molecule is CC.CCCCC1CCC=C(CCC)CC1. The molecule has 1 aliphatic rings. The molecule has 0 aromatic rings. The van der Waals surface area contributed by atoms with Gasteiger partial charge in [-0.3, -0.25) is 0 Å². The molecule has 0 spiro atoms. The van der Waals surface area contributed by atoms with E-state index in [4.69, 9.17) is 0 Å². The summed E-state index contributed by atoms with van der Waals surface area (Å²) in [5.41, 5.74) is 1.74. The molecule has 0 heterocycles. The van der Waals surface area contributed by atoms with Crippen molar-refractivity contribution in [2.24, 2.45) is 5.92 Å². The van der Waals surface area contributed by atoms with Gasteiger partial charge in [-0.2, -0.15) is 0 Å². The molecule has 0 amide bonds. The summed E-state index contributed by atoms with van der Waals surface area (Å²) in [6.45, 7) is 8.60. The van der Waals surface area contributed by atoms with Crippen LogP contribution in [-0.2, 0) is 0 Å². The van der Waals surface area contributed by atoms with Gasteiger partial charge in [-0.15, -0.1) is 0 Å². The van der Waals surface area contributed by atoms with E-state index in [2.05, 4.69) is 19.9 Å². The molecule has 0 fully saturated rings. The average Bonchev–Trinajstić information content (AvgIpc) is 2.55. The lowest BCUT2D eigenvalue weighted by Crippen LogP contribution is -1.98. The molecule has 0 aliphatic heterocycles. The van der Waals surface area contributed by atoms with E-state index in [0.29, 0.717) is 0 Å². The van der Waals surface area contributed by atoms with Crippen molar-refractivity contribution in [2.75, 3.05) is 0 Å². The lowest BCUT2D eigenvalue weighted by atomic mass is 9.93. The fraction of sp³-hybridized carbons (Fsp3) is 0.875. The molecule has 0 saturated heterocycles. The van der Waals surface area contributed by atoms with Crippen LogP contribution >= 0.6 is 0 Å². The van der Waals surface area contributed by atoms with E-state index in [1.165, 1.54) is 57.8 Å². The number of allylic oxidation sites excluding steroid dienone is 2. The van der Waals surface area contributed by atoms with Crippen LogP contribution in [0.25, 0.3) is 0 Å². The third kappa shape index (κ3) is 7.09. The van der Waals surface area contributed by atoms with Gasteiger partial charge in [-0.05, 0) is 38.0 Å². The second-order valence-corrected chi connectivity index (χ2v) is 4.74. The van der Waals surface area contributed by atoms with Gasteiger partial charge in [0.2, 0.25) is 0 Å². The second-order valence-electron chi connectivity index (χ2n) is 4.74. The lowest BCUT2D eigenvalue weighted by molar-refractivity contribution is 0.416. The van der Waals surface area contributed by atoms with Gasteiger partial charge in [0, 0.05) is 0 Å². The normalized spacial score (nSPS) is 20.5. The first-order valence-corrected chi connectivity index (χ1v) is 7.54. The Balaban J connectivity index is 0.00000106. The molecule has 0 aromatic carbocycles. The molecule has 16 heavy (non-hydrogen) atoms. The second kappa shape index (κ2) is 11.2. The Bertz CT molecular complexity index is 167. The molecule has 1 aliphatic carbocycles. The van der Waals surface area contributed by atoms with E-state index in [-0.39, 0.29) is 0 Å². The Hall–Kier alpha value is -0.260. The van der Waals surface area contributed by atoms with Crippen LogP contribution in [0, 0.1) is 5.92 Å². The van der Waals surface area contributed by atoms with Gasteiger partial charge in [0.1, 0.15) is 0 Å². The molecule has 1 unspecified atom stereocenters. The van der Waals surface area contributed by atoms with Gasteiger partial charge in [0.15, 0.2) is 0 Å². The van der Waals surface area contributed by atoms with Crippen molar-refractivity contribution < 1.29 is 0 Å². The Kier molecular flexibility index (Phi) is 11.0. The monoisotopic (exact) mass is 224 g/mol. The van der Waals surface area contributed by atoms with Crippen molar-refractivity contribution in [1.82, 2.24) is 0 Å². The number of unbranched alkanes of at least 4 members (excludes halogenated alkanes) is 1. The summed E-state index contributed by atoms with van der Waals surface area (Å²) in [6, 6.07) is 0. The average molecular weight is 224 g/mol. The molecular weight excluding hydrogens is 192 g/mol. The van der Waals surface area contributed by atoms with E-state index < -0.39 is 0 Å². The Morgan fingerprint density at radius 2 is 1.88 bits per heavy atom. The van der Waals surface area contributed by atoms with E-state index >= 15 is 0 Å². The summed E-state index contributed by atoms with van der Waals surface area (Å²) >= 11 is 0. The predicted molar refractivity (Wildman–Crippen MR) is 75.8 cm³/mol. The van der Waals surface area contributed by atoms with E-state index in [9.17, 15) is 0 Å². The van der Waals surface area contributed by atoms with E-state index in [0.717, 1.165) is 5.92 Å². The first-order chi connectivity index (χ1) is 7.86. The van der Waals surface area contributed by atoms with E-state index in [1.807, 2.05) is 13.8 Å². The van der Waals surface area contributed by atoms with Crippen LogP contribution in [-0.4, -0.2) is 0 Å². The maximum absolute atomic E-state index is 2.52. The van der Waals surface area contributed by atoms with Crippen LogP contribution in [0.15, 0.2) is 11.6 Å². The number of hydrogen-bond acceptors (Lipinski definition) is 0. The third-order valence-corrected chi connectivity index (χ3v) is 3.42. The Morgan fingerprint density at radius 1 is 1.12 bits per heavy atom. The molecule has 1 atom stereocenters. The summed E-state index contributed by atoms with van der Waals surface area (Å²) in [5, 5.41) is 0. The zero-order valence-electron chi connectivity index (χ0n) is 12.0. The Morgan fingerprint density at radius 3 is 2.50 bits per heavy atom. The van der Waals surface area contributed by atoms with Crippen LogP contribution < -0.4 is 0 Å². The molecular formula is C16H32. The van der Waals surface area contributed by atoms with Crippen molar-refractivity contribution in [3.63, 3.8) is 0 Å². The van der Waals surface area contributed by atoms with Gasteiger partial charge < -0.3 is 0 Å². The smallest absolute Gasteiger partial charge is 0.0318 e. The first-order valence-electron chi connectivity index (χ1n) is 7.54. The standard InChI is InChI=1S/C14H26.C2H6/c1-3-5-8-14-10-6-9-13(7-4-2)11-12-14;1-2/h9,14H,3-8,10-12H2,1-2H3;1-2H3. The summed E-state index contributed by atoms with van der Waals surface area (Å²) in [6.07, 6.45) is 15.1. The van der Waals surface area contributed by atoms with Crippen LogP contribution in [0.2, 0.25) is 0 Å². The van der Waals surface area contributed by atoms with Gasteiger partial charge in [0.05, 0.1) is 0 Å². The Labute approximate surface area is 104 Å². The topological polar surface area (TPSA) is 0 Å². The van der Waals surface area contributed by atoms with Gasteiger partial charge in [-0.25, -0.2) is 0 Å². The van der Waals surface area contributed by atoms with Crippen molar-refractivity contribution >= 4 is 0 Å². The fourth-order valence-corrected chi connectivity index (χ4v) is 2.49. The highest BCUT2D eigenvalue weighted by Gasteiger charge is 2.11. The molecule has 96 valence electrons. The minimum absolute atomic E-state index is 1.03. The predicted octanol–water partition coefficient (Wildman–Crippen LogP) is 6.12. The summed E-state index contributed by atoms with van der Waals surface area (Å²) in [4.78, 5) is 0. The maximum Gasteiger partial charge on any atom is -0.0318 e. The minimum Gasteiger partial charge on any atom is -0.0853 e. The molecule has 0 nitrogen and oxygen atoms in total. The number of hydrogen-bond donors (Lipinski definition) is 0. The molecule has 0 bridgehead atoms. The molecule has 0 heteroatoms. The van der Waals surface area contributed by atoms with Crippen LogP contribution in [0.4, 0.5) is 0 Å². The largest absolute Gasteiger partial charge is 0.0853 e. The fourth-order valence-electron chi connectivity index (χ4n) is 2.49. The molecule has 0 aromatic heterocycles. The van der Waals surface area contributed by atoms with Crippen LogP contribution in [0.3, 0.4) is 0 Å². The van der Waals surface area contributed by atoms with E-state index in [1.54, 1.807) is 5.57 Å². The van der Waals surface area contributed by atoms with Gasteiger partial charge in [-0.1, -0.05) is 65.0 Å². The highest BCUT2D eigenvalue weighted by atomic mass is 14.2. The lowest BCUT2D eigenvalue weighted by Gasteiger charge is -2.13. The molecule has 0 radical (unpaired) electrons. The van der Waals surface area contributed by atoms with Crippen LogP contribution in [0.5, 0.6) is 0 Å². The zero-order valence-corrected chi connectivity index (χ0v) is 12.0. The highest BCUT2D eigenvalue weighted by Crippen LogP contribution is 2.28. The van der Waals surface area contributed by atoms with Gasteiger partial charge >= 0.3 is 0 Å². The van der Waals surface area contributed by atoms with Crippen LogP contribution in [0.1, 0.15) is 85.5 Å². The van der Waals surface area contributed by atoms with Crippen molar-refractivity contribution in [2.45, 2.75) is 85.5 Å². The minimum atomic E-state index is 1.03. The van der Waals surface area contributed by atoms with Crippen molar-refractivity contribution in [3.8, 4) is 0 Å². The summed E-state index contributed by atoms with van der Waals surface area (Å²) < 4.78 is 0. The zero-order chi connectivity index (χ0) is 12.2. The summed E-state index contributed by atoms with van der Waals surface area (Å²) in [5.74, 6) is 1.03. The summed E-state index contributed by atoms with van der Waals surface area (Å²) in [7, 11) is 0. The van der Waals surface area contributed by atoms with Crippen molar-refractivity contribution in [1.29, 1.82) is 0 Å².